The molecule has 0 spiro atoms. The van der Waals surface area contributed by atoms with E-state index in [4.69, 9.17) is 38.9 Å². The third-order valence-corrected chi connectivity index (χ3v) is 12.7. The molecule has 0 aromatic heterocycles. The average Bonchev–Trinajstić information content (AvgIpc) is 3.29. The normalized spacial score (nSPS) is 43.4. The smallest absolute Gasteiger partial charge is 0.309 e. The van der Waals surface area contributed by atoms with Gasteiger partial charge in [0.1, 0.15) is 12.7 Å². The Kier molecular flexibility index (Phi) is 10.5. The lowest BCUT2D eigenvalue weighted by Crippen LogP contribution is -2.67. The van der Waals surface area contributed by atoms with Gasteiger partial charge in [0.2, 0.25) is 0 Å². The zero-order valence-electron chi connectivity index (χ0n) is 29.3. The fourth-order valence-electron chi connectivity index (χ4n) is 10.4. The van der Waals surface area contributed by atoms with Crippen LogP contribution in [0.25, 0.3) is 0 Å². The number of nitrogens with two attached hydrogens (primary N) is 1. The topological polar surface area (TPSA) is 176 Å². The molecule has 270 valence electrons. The van der Waals surface area contributed by atoms with Crippen molar-refractivity contribution in [3.8, 4) is 0 Å². The van der Waals surface area contributed by atoms with Gasteiger partial charge in [0.05, 0.1) is 19.1 Å². The quantitative estimate of drug-likeness (QED) is 0.225. The standard InChI is InChI=1S/C35H53NO12/c1-18(37)43-17-27-28(44-19(2)38)29(45-20(3)39)30(46-21(4)40)32(48-27)47-23-10-13-33(5)22(16-23)8-9-25-24(33)11-14-34(6)26(31(41)42-7)12-15-35(25,34)36/h22-30,32H,8-17,36H2,1-7H3/t22-,23+,24?,25?,26-,27?,28?,29?,30?,32?,33+,34-,35+/m1/s1. The van der Waals surface area contributed by atoms with Crippen molar-refractivity contribution in [2.24, 2.45) is 40.2 Å². The van der Waals surface area contributed by atoms with Crippen LogP contribution in [0.1, 0.15) is 99.3 Å². The minimum atomic E-state index is -1.27. The predicted octanol–water partition coefficient (Wildman–Crippen LogP) is 3.37. The Morgan fingerprint density at radius 1 is 0.750 bits per heavy atom. The molecule has 1 heterocycles. The number of fused-ring (bicyclic) bond motifs is 5. The summed E-state index contributed by atoms with van der Waals surface area (Å²) < 4.78 is 39.9. The van der Waals surface area contributed by atoms with Crippen molar-refractivity contribution in [3.05, 3.63) is 0 Å². The monoisotopic (exact) mass is 679 g/mol. The molecule has 0 bridgehead atoms. The summed E-state index contributed by atoms with van der Waals surface area (Å²) in [5, 5.41) is 0. The number of methoxy groups -OCH3 is 1. The molecule has 5 fully saturated rings. The second-order valence-electron chi connectivity index (χ2n) is 15.2. The maximum atomic E-state index is 12.8. The van der Waals surface area contributed by atoms with E-state index >= 15 is 0 Å². The van der Waals surface area contributed by atoms with Crippen molar-refractivity contribution in [1.29, 1.82) is 0 Å². The van der Waals surface area contributed by atoms with Crippen molar-refractivity contribution in [2.45, 2.75) is 142 Å². The van der Waals surface area contributed by atoms with Crippen LogP contribution in [-0.4, -0.2) is 85.9 Å². The zero-order chi connectivity index (χ0) is 35.2. The summed E-state index contributed by atoms with van der Waals surface area (Å²) in [6, 6.07) is 0. The Balaban J connectivity index is 1.35. The molecular formula is C35H53NO12. The summed E-state index contributed by atoms with van der Waals surface area (Å²) in [7, 11) is 1.46. The summed E-state index contributed by atoms with van der Waals surface area (Å²) >= 11 is 0. The summed E-state index contributed by atoms with van der Waals surface area (Å²) in [6.45, 7) is 9.12. The van der Waals surface area contributed by atoms with Crippen molar-refractivity contribution in [3.63, 3.8) is 0 Å². The van der Waals surface area contributed by atoms with Gasteiger partial charge in [-0.05, 0) is 86.4 Å². The van der Waals surface area contributed by atoms with E-state index in [0.717, 1.165) is 51.4 Å². The Morgan fingerprint density at radius 3 is 2.02 bits per heavy atom. The van der Waals surface area contributed by atoms with E-state index in [2.05, 4.69) is 13.8 Å². The first-order valence-corrected chi connectivity index (χ1v) is 17.4. The van der Waals surface area contributed by atoms with Gasteiger partial charge in [0.25, 0.3) is 0 Å². The molecule has 2 N–H and O–H groups in total. The fraction of sp³-hybridized carbons (Fsp3) is 0.857. The van der Waals surface area contributed by atoms with E-state index in [1.54, 1.807) is 0 Å². The number of rotatable bonds is 8. The van der Waals surface area contributed by atoms with Crippen molar-refractivity contribution >= 4 is 29.8 Å². The molecule has 0 aromatic carbocycles. The first kappa shape index (κ1) is 36.5. The van der Waals surface area contributed by atoms with Gasteiger partial charge in [-0.3, -0.25) is 24.0 Å². The van der Waals surface area contributed by atoms with Crippen LogP contribution in [0.15, 0.2) is 0 Å². The van der Waals surface area contributed by atoms with Gasteiger partial charge < -0.3 is 38.9 Å². The van der Waals surface area contributed by atoms with Crippen LogP contribution in [0, 0.1) is 34.5 Å². The molecule has 13 heteroatoms. The lowest BCUT2D eigenvalue weighted by atomic mass is 9.42. The highest BCUT2D eigenvalue weighted by Gasteiger charge is 2.67. The lowest BCUT2D eigenvalue weighted by Gasteiger charge is -2.64. The van der Waals surface area contributed by atoms with Crippen LogP contribution in [0.4, 0.5) is 0 Å². The molecule has 1 aliphatic heterocycles. The first-order valence-electron chi connectivity index (χ1n) is 17.4. The average molecular weight is 680 g/mol. The van der Waals surface area contributed by atoms with Gasteiger partial charge in [0, 0.05) is 33.2 Å². The SMILES string of the molecule is COC(=O)[C@H]1CC[C@]2(N)C3CC[C@@H]4C[C@@H](OC5OC(COC(C)=O)C(OC(C)=O)C(OC(C)=O)C5OC(C)=O)CC[C@]4(C)C3CC[C@]12C. The van der Waals surface area contributed by atoms with E-state index in [1.807, 2.05) is 0 Å². The van der Waals surface area contributed by atoms with Crippen LogP contribution < -0.4 is 5.73 Å². The molecule has 1 saturated heterocycles. The Bertz CT molecular complexity index is 1270. The Hall–Kier alpha value is -2.77. The van der Waals surface area contributed by atoms with Gasteiger partial charge in [-0.1, -0.05) is 13.8 Å². The molecule has 5 aliphatic rings. The van der Waals surface area contributed by atoms with Crippen LogP contribution >= 0.6 is 0 Å². The second-order valence-corrected chi connectivity index (χ2v) is 15.2. The van der Waals surface area contributed by atoms with Crippen molar-refractivity contribution in [2.75, 3.05) is 13.7 Å². The maximum Gasteiger partial charge on any atom is 0.309 e. The highest BCUT2D eigenvalue weighted by molar-refractivity contribution is 5.74. The van der Waals surface area contributed by atoms with E-state index in [9.17, 15) is 24.0 Å². The number of carbonyl (C=O) groups is 5. The second kappa shape index (κ2) is 13.9. The summed E-state index contributed by atoms with van der Waals surface area (Å²) in [5.41, 5.74) is 6.69. The summed E-state index contributed by atoms with van der Waals surface area (Å²) in [6.07, 6.45) is 1.50. The molecule has 0 radical (unpaired) electrons. The third-order valence-electron chi connectivity index (χ3n) is 12.7. The summed E-state index contributed by atoms with van der Waals surface area (Å²) in [4.78, 5) is 61.1. The van der Waals surface area contributed by atoms with Gasteiger partial charge in [-0.25, -0.2) is 0 Å². The largest absolute Gasteiger partial charge is 0.469 e. The maximum absolute atomic E-state index is 12.8. The Labute approximate surface area is 282 Å². The van der Waals surface area contributed by atoms with Crippen LogP contribution in [-0.2, 0) is 57.1 Å². The molecule has 4 saturated carbocycles. The highest BCUT2D eigenvalue weighted by Crippen LogP contribution is 2.68. The minimum Gasteiger partial charge on any atom is -0.469 e. The number of hydrogen-bond donors (Lipinski definition) is 1. The van der Waals surface area contributed by atoms with Crippen LogP contribution in [0.3, 0.4) is 0 Å². The molecule has 0 amide bonds. The highest BCUT2D eigenvalue weighted by atomic mass is 16.7. The lowest BCUT2D eigenvalue weighted by molar-refractivity contribution is -0.321. The molecule has 13 nitrogen and oxygen atoms in total. The molecule has 7 unspecified atom stereocenters. The molecule has 13 atom stereocenters. The molecule has 5 rings (SSSR count). The minimum absolute atomic E-state index is 0.0289. The van der Waals surface area contributed by atoms with Crippen LogP contribution in [0.2, 0.25) is 0 Å². The fourth-order valence-corrected chi connectivity index (χ4v) is 10.4. The van der Waals surface area contributed by atoms with E-state index in [1.165, 1.54) is 34.8 Å². The number of esters is 5. The van der Waals surface area contributed by atoms with Crippen molar-refractivity contribution < 1.29 is 57.1 Å². The van der Waals surface area contributed by atoms with E-state index in [0.29, 0.717) is 24.2 Å². The summed E-state index contributed by atoms with van der Waals surface area (Å²) in [5.74, 6) is -1.87. The molecule has 4 aliphatic carbocycles. The van der Waals surface area contributed by atoms with Gasteiger partial charge in [-0.15, -0.1) is 0 Å². The molecule has 48 heavy (non-hydrogen) atoms. The number of ether oxygens (including phenoxy) is 7. The Morgan fingerprint density at radius 2 is 1.40 bits per heavy atom. The van der Waals surface area contributed by atoms with Gasteiger partial charge >= 0.3 is 29.8 Å². The number of carbonyl (C=O) groups excluding carboxylic acids is 5. The molecule has 0 aromatic rings. The zero-order valence-corrected chi connectivity index (χ0v) is 29.3. The number of hydrogen-bond acceptors (Lipinski definition) is 13. The van der Waals surface area contributed by atoms with Crippen LogP contribution in [0.5, 0.6) is 0 Å². The predicted molar refractivity (Wildman–Crippen MR) is 167 cm³/mol. The van der Waals surface area contributed by atoms with E-state index < -0.39 is 60.1 Å². The first-order chi connectivity index (χ1) is 22.5. The third kappa shape index (κ3) is 6.58. The van der Waals surface area contributed by atoms with E-state index in [-0.39, 0.29) is 35.4 Å². The van der Waals surface area contributed by atoms with Gasteiger partial charge in [0.15, 0.2) is 24.6 Å². The van der Waals surface area contributed by atoms with Gasteiger partial charge in [-0.2, -0.15) is 0 Å². The molecular weight excluding hydrogens is 626 g/mol. The van der Waals surface area contributed by atoms with Crippen molar-refractivity contribution in [1.82, 2.24) is 0 Å².